The molecule has 0 unspecified atom stereocenters. The molecule has 0 rings (SSSR count). The van der Waals surface area contributed by atoms with Gasteiger partial charge in [0.25, 0.3) is 0 Å². The molecule has 0 saturated carbocycles. The van der Waals surface area contributed by atoms with Crippen LogP contribution in [0.1, 0.15) is 0 Å². The minimum atomic E-state index is -0.833. The summed E-state index contributed by atoms with van der Waals surface area (Å²) in [4.78, 5) is 14.0. The summed E-state index contributed by atoms with van der Waals surface area (Å²) in [5.41, 5.74) is 0. The molecule has 0 atom stereocenters. The molecule has 0 spiro atoms. The lowest BCUT2D eigenvalue weighted by atomic mass is 15.9. The predicted octanol–water partition coefficient (Wildman–Crippen LogP) is 0.371. The van der Waals surface area contributed by atoms with Crippen molar-refractivity contribution in [2.75, 3.05) is 0 Å². The summed E-state index contributed by atoms with van der Waals surface area (Å²) in [5, 5.41) is 0. The van der Waals surface area contributed by atoms with Gasteiger partial charge in [0, 0.05) is 0 Å². The van der Waals surface area contributed by atoms with E-state index in [-0.39, 0.29) is 0 Å². The number of rotatable bonds is 0. The maximum absolute atomic E-state index is 8.46. The minimum Gasteiger partial charge on any atom is -0.310 e. The molecule has 0 saturated heterocycles. The second kappa shape index (κ2) is 19.3. The molecule has 4 nitrogen and oxygen atoms in total. The molecule has 0 heterocycles. The Bertz CT molecular complexity index is 26.5. The normalized spacial score (nSPS) is 7.00. The molecule has 0 bridgehead atoms. The monoisotopic (exact) mass is 128 g/mol. The Morgan fingerprint density at radius 3 is 1.00 bits per heavy atom. The molecule has 0 fully saturated rings. The highest BCUT2D eigenvalue weighted by Gasteiger charge is 1.28. The van der Waals surface area contributed by atoms with E-state index in [4.69, 9.17) is 18.9 Å². The summed E-state index contributed by atoms with van der Waals surface area (Å²) in [5.74, 6) is 0. The first kappa shape index (κ1) is 9.45. The van der Waals surface area contributed by atoms with Gasteiger partial charge in [-0.15, -0.1) is 0 Å². The van der Waals surface area contributed by atoms with E-state index in [2.05, 4.69) is 0 Å². The predicted molar refractivity (Wildman–Crippen MR) is 19.7 cm³/mol. The molecule has 0 aliphatic carbocycles. The Hall–Kier alpha value is 0.120. The van der Waals surface area contributed by atoms with Gasteiger partial charge in [-0.2, -0.15) is 0 Å². The fourth-order valence-electron chi connectivity index (χ4n) is 0. The summed E-state index contributed by atoms with van der Waals surface area (Å²) in [6.45, 7) is 0. The van der Waals surface area contributed by atoms with Crippen molar-refractivity contribution in [2.45, 2.75) is 0 Å². The molecule has 0 aromatic rings. The second-order valence-electron chi connectivity index (χ2n) is 0.163. The van der Waals surface area contributed by atoms with Gasteiger partial charge in [-0.25, -0.2) is 9.13 Å². The van der Waals surface area contributed by atoms with Gasteiger partial charge in [0.2, 0.25) is 0 Å². The lowest BCUT2D eigenvalue weighted by molar-refractivity contribution is 0.523. The third kappa shape index (κ3) is 2790. The van der Waals surface area contributed by atoms with E-state index in [0.717, 1.165) is 0 Å². The zero-order valence-electron chi connectivity index (χ0n) is 2.61. The summed E-state index contributed by atoms with van der Waals surface area (Å²) < 4.78 is 16.9. The SMILES string of the molecule is O=PO.O=PO. The van der Waals surface area contributed by atoms with E-state index in [0.29, 0.717) is 0 Å². The lowest BCUT2D eigenvalue weighted by Crippen LogP contribution is -1.03. The molecule has 6 heavy (non-hydrogen) atoms. The smallest absolute Gasteiger partial charge is 0.310 e. The van der Waals surface area contributed by atoms with Gasteiger partial charge in [-0.3, -0.25) is 0 Å². The van der Waals surface area contributed by atoms with Gasteiger partial charge in [-0.1, -0.05) is 0 Å². The van der Waals surface area contributed by atoms with Crippen molar-refractivity contribution in [1.82, 2.24) is 0 Å². The largest absolute Gasteiger partial charge is 0.324 e. The first-order chi connectivity index (χ1) is 2.83. The second-order valence-corrected chi connectivity index (χ2v) is 0.490. The van der Waals surface area contributed by atoms with Crippen molar-refractivity contribution in [3.05, 3.63) is 0 Å². The molecule has 0 aliphatic heterocycles. The van der Waals surface area contributed by atoms with Crippen LogP contribution in [0.4, 0.5) is 0 Å². The average molecular weight is 128 g/mol. The van der Waals surface area contributed by atoms with Crippen molar-refractivity contribution in [3.63, 3.8) is 0 Å². The zero-order chi connectivity index (χ0) is 5.41. The van der Waals surface area contributed by atoms with E-state index in [1.807, 2.05) is 0 Å². The van der Waals surface area contributed by atoms with Crippen molar-refractivity contribution in [1.29, 1.82) is 0 Å². The molecule has 2 N–H and O–H groups in total. The van der Waals surface area contributed by atoms with Gasteiger partial charge < -0.3 is 9.79 Å². The van der Waals surface area contributed by atoms with Crippen LogP contribution in [0.5, 0.6) is 0 Å². The third-order valence-corrected chi connectivity index (χ3v) is 0. The van der Waals surface area contributed by atoms with Crippen molar-refractivity contribution < 1.29 is 18.9 Å². The van der Waals surface area contributed by atoms with Gasteiger partial charge in [0.15, 0.2) is 0 Å². The topological polar surface area (TPSA) is 74.6 Å². The Morgan fingerprint density at radius 2 is 1.00 bits per heavy atom. The number of hydrogen-bond donors (Lipinski definition) is 2. The van der Waals surface area contributed by atoms with E-state index in [1.165, 1.54) is 0 Å². The summed E-state index contributed by atoms with van der Waals surface area (Å²) in [6.07, 6.45) is 0. The van der Waals surface area contributed by atoms with E-state index < -0.39 is 17.4 Å². The van der Waals surface area contributed by atoms with Crippen LogP contribution in [0.25, 0.3) is 0 Å². The zero-order valence-corrected chi connectivity index (χ0v) is 4.39. The van der Waals surface area contributed by atoms with Gasteiger partial charge >= 0.3 is 17.4 Å². The maximum Gasteiger partial charge on any atom is 0.324 e. The highest BCUT2D eigenvalue weighted by atomic mass is 31.1. The molecule has 0 aromatic heterocycles. The molecular weight excluding hydrogens is 126 g/mol. The van der Waals surface area contributed by atoms with Gasteiger partial charge in [0.05, 0.1) is 0 Å². The summed E-state index contributed by atoms with van der Waals surface area (Å²) >= 11 is 0. The Labute approximate surface area is 37.4 Å². The lowest BCUT2D eigenvalue weighted by Gasteiger charge is -1.24. The fraction of sp³-hybridized carbons (Fsp3) is 0. The van der Waals surface area contributed by atoms with E-state index >= 15 is 0 Å². The summed E-state index contributed by atoms with van der Waals surface area (Å²) in [6, 6.07) is 0. The van der Waals surface area contributed by atoms with Crippen LogP contribution in [0, 0.1) is 0 Å². The van der Waals surface area contributed by atoms with Crippen molar-refractivity contribution in [3.8, 4) is 0 Å². The van der Waals surface area contributed by atoms with Crippen LogP contribution in [0.3, 0.4) is 0 Å². The third-order valence-electron chi connectivity index (χ3n) is 0. The van der Waals surface area contributed by atoms with Gasteiger partial charge in [-0.05, 0) is 0 Å². The van der Waals surface area contributed by atoms with Crippen LogP contribution in [-0.4, -0.2) is 9.79 Å². The first-order valence-electron chi connectivity index (χ1n) is 0.765. The van der Waals surface area contributed by atoms with Crippen LogP contribution < -0.4 is 0 Å². The number of hydrogen-bond acceptors (Lipinski definition) is 2. The fourth-order valence-corrected chi connectivity index (χ4v) is 0. The van der Waals surface area contributed by atoms with Gasteiger partial charge in [0.1, 0.15) is 0 Å². The van der Waals surface area contributed by atoms with Crippen LogP contribution >= 0.6 is 17.4 Å². The molecule has 0 aliphatic rings. The molecule has 0 radical (unpaired) electrons. The van der Waals surface area contributed by atoms with Crippen LogP contribution in [0.15, 0.2) is 0 Å². The first-order valence-corrected chi connectivity index (χ1v) is 2.30. The highest BCUT2D eigenvalue weighted by Crippen LogP contribution is 1.66. The molecule has 36 valence electrons. The van der Waals surface area contributed by atoms with Crippen LogP contribution in [-0.2, 0) is 9.13 Å². The maximum atomic E-state index is 8.46. The average Bonchev–Trinajstić information content (AvgIpc) is 1.39. The molecular formula is H2O4P2. The highest BCUT2D eigenvalue weighted by molar-refractivity contribution is 7.16. The van der Waals surface area contributed by atoms with Crippen molar-refractivity contribution >= 4 is 17.4 Å². The minimum absolute atomic E-state index is 0.833. The summed E-state index contributed by atoms with van der Waals surface area (Å²) in [7, 11) is -1.67. The molecule has 6 heteroatoms. The van der Waals surface area contributed by atoms with Crippen LogP contribution in [0.2, 0.25) is 0 Å². The van der Waals surface area contributed by atoms with Crippen molar-refractivity contribution in [2.24, 2.45) is 0 Å². The van der Waals surface area contributed by atoms with E-state index in [9.17, 15) is 0 Å². The Balaban J connectivity index is 0. The molecule has 0 aromatic carbocycles. The molecule has 0 amide bonds. The quantitative estimate of drug-likeness (QED) is 0.462. The van der Waals surface area contributed by atoms with E-state index in [1.54, 1.807) is 0 Å². The Kier molecular flexibility index (Phi) is 30.5. The standard InChI is InChI=1S/2HO2P/c2*1-3-2/h2*(H,1,2). The Morgan fingerprint density at radius 1 is 1.00 bits per heavy atom.